The zero-order valence-corrected chi connectivity index (χ0v) is 19.5. The molecule has 178 valence electrons. The van der Waals surface area contributed by atoms with Crippen LogP contribution in [0.15, 0.2) is 47.4 Å². The first kappa shape index (κ1) is 23.5. The van der Waals surface area contributed by atoms with Gasteiger partial charge in [0, 0.05) is 24.3 Å². The van der Waals surface area contributed by atoms with Gasteiger partial charge in [0.25, 0.3) is 10.0 Å². The molecule has 4 rings (SSSR count). The van der Waals surface area contributed by atoms with Crippen LogP contribution < -0.4 is 10.0 Å². The van der Waals surface area contributed by atoms with E-state index in [1.807, 2.05) is 25.9 Å². The quantitative estimate of drug-likeness (QED) is 0.349. The molecule has 3 N–H and O–H groups in total. The Balaban J connectivity index is 1.61. The number of anilines is 2. The van der Waals surface area contributed by atoms with Gasteiger partial charge in [0.1, 0.15) is 22.3 Å². The van der Waals surface area contributed by atoms with Crippen molar-refractivity contribution in [3.63, 3.8) is 0 Å². The van der Waals surface area contributed by atoms with Gasteiger partial charge in [0.15, 0.2) is 11.5 Å². The number of H-pyrrole nitrogens is 1. The third-order valence-electron chi connectivity index (χ3n) is 5.03. The Bertz CT molecular complexity index is 1440. The summed E-state index contributed by atoms with van der Waals surface area (Å²) in [5, 5.41) is 11.2. The predicted octanol–water partition coefficient (Wildman–Crippen LogP) is 3.38. The first-order valence-electron chi connectivity index (χ1n) is 10.3. The van der Waals surface area contributed by atoms with E-state index in [4.69, 9.17) is 0 Å². The first-order valence-corrected chi connectivity index (χ1v) is 11.8. The fourth-order valence-electron chi connectivity index (χ4n) is 3.31. The predicted molar refractivity (Wildman–Crippen MR) is 126 cm³/mol. The van der Waals surface area contributed by atoms with Gasteiger partial charge in [-0.2, -0.15) is 5.10 Å². The van der Waals surface area contributed by atoms with Crippen molar-refractivity contribution in [2.75, 3.05) is 37.2 Å². The number of nitrogens with zero attached hydrogens (tertiary/aromatic N) is 4. The minimum absolute atomic E-state index is 0.176. The summed E-state index contributed by atoms with van der Waals surface area (Å²) in [4.78, 5) is 10.5. The second-order valence-corrected chi connectivity index (χ2v) is 9.57. The third-order valence-corrected chi connectivity index (χ3v) is 6.43. The Labute approximate surface area is 195 Å². The van der Waals surface area contributed by atoms with E-state index in [-0.39, 0.29) is 5.69 Å². The van der Waals surface area contributed by atoms with Gasteiger partial charge in [-0.1, -0.05) is 0 Å². The molecule has 34 heavy (non-hydrogen) atoms. The highest BCUT2D eigenvalue weighted by Gasteiger charge is 2.20. The Morgan fingerprint density at radius 1 is 1.06 bits per heavy atom. The molecule has 2 heterocycles. The molecule has 0 amide bonds. The van der Waals surface area contributed by atoms with E-state index in [9.17, 15) is 17.2 Å². The van der Waals surface area contributed by atoms with Crippen LogP contribution in [0.2, 0.25) is 0 Å². The standard InChI is InChI=1S/C22H23F2N7O2S/c1-13-19-21(25-10-11-31(2)3)26-20(27-22(19)29-28-13)14-4-7-16(8-5-14)30-34(32,33)18-12-15(23)6-9-17(18)24/h4-9,12,30H,10-11H2,1-3H3,(H2,25,26,27,28,29). The second kappa shape index (κ2) is 9.31. The monoisotopic (exact) mass is 487 g/mol. The fraction of sp³-hybridized carbons (Fsp3) is 0.227. The van der Waals surface area contributed by atoms with Crippen LogP contribution in [0.4, 0.5) is 20.3 Å². The topological polar surface area (TPSA) is 116 Å². The maximum absolute atomic E-state index is 13.9. The maximum atomic E-state index is 13.9. The summed E-state index contributed by atoms with van der Waals surface area (Å²) >= 11 is 0. The molecule has 12 heteroatoms. The maximum Gasteiger partial charge on any atom is 0.264 e. The van der Waals surface area contributed by atoms with Crippen molar-refractivity contribution in [2.45, 2.75) is 11.8 Å². The van der Waals surface area contributed by atoms with E-state index in [1.165, 1.54) is 12.1 Å². The van der Waals surface area contributed by atoms with E-state index in [2.05, 4.69) is 30.2 Å². The molecular formula is C22H23F2N7O2S. The lowest BCUT2D eigenvalue weighted by Crippen LogP contribution is -2.21. The van der Waals surface area contributed by atoms with Gasteiger partial charge in [-0.05, 0) is 63.5 Å². The van der Waals surface area contributed by atoms with Crippen molar-refractivity contribution in [1.82, 2.24) is 25.1 Å². The molecule has 0 aliphatic carbocycles. The van der Waals surface area contributed by atoms with Gasteiger partial charge < -0.3 is 10.2 Å². The molecule has 0 saturated carbocycles. The van der Waals surface area contributed by atoms with Gasteiger partial charge >= 0.3 is 0 Å². The van der Waals surface area contributed by atoms with Crippen molar-refractivity contribution in [2.24, 2.45) is 0 Å². The highest BCUT2D eigenvalue weighted by molar-refractivity contribution is 7.92. The zero-order chi connectivity index (χ0) is 24.5. The van der Waals surface area contributed by atoms with Crippen LogP contribution in [-0.2, 0) is 10.0 Å². The number of nitrogens with one attached hydrogen (secondary N) is 3. The number of benzene rings is 2. The highest BCUT2D eigenvalue weighted by Crippen LogP contribution is 2.27. The summed E-state index contributed by atoms with van der Waals surface area (Å²) in [6.07, 6.45) is 0. The van der Waals surface area contributed by atoms with Crippen LogP contribution >= 0.6 is 0 Å². The smallest absolute Gasteiger partial charge is 0.264 e. The summed E-state index contributed by atoms with van der Waals surface area (Å²) in [7, 11) is -0.365. The number of aromatic nitrogens is 4. The first-order chi connectivity index (χ1) is 16.1. The molecule has 2 aromatic carbocycles. The van der Waals surface area contributed by atoms with Crippen molar-refractivity contribution in [3.05, 3.63) is 59.8 Å². The SMILES string of the molecule is Cc1n[nH]c2nc(-c3ccc(NS(=O)(=O)c4cc(F)ccc4F)cc3)nc(NCCN(C)C)c12. The average Bonchev–Trinajstić information content (AvgIpc) is 3.16. The average molecular weight is 488 g/mol. The second-order valence-electron chi connectivity index (χ2n) is 7.92. The molecule has 0 aliphatic rings. The Morgan fingerprint density at radius 3 is 2.50 bits per heavy atom. The lowest BCUT2D eigenvalue weighted by molar-refractivity contribution is 0.425. The van der Waals surface area contributed by atoms with Gasteiger partial charge in [-0.3, -0.25) is 9.82 Å². The van der Waals surface area contributed by atoms with Crippen LogP contribution in [0.3, 0.4) is 0 Å². The minimum atomic E-state index is -4.32. The van der Waals surface area contributed by atoms with Crippen molar-refractivity contribution >= 4 is 32.6 Å². The molecule has 0 spiro atoms. The molecule has 0 radical (unpaired) electrons. The van der Waals surface area contributed by atoms with Crippen LogP contribution in [-0.4, -0.2) is 60.7 Å². The summed E-state index contributed by atoms with van der Waals surface area (Å²) in [6.45, 7) is 3.33. The van der Waals surface area contributed by atoms with E-state index in [0.29, 0.717) is 35.5 Å². The lowest BCUT2D eigenvalue weighted by Gasteiger charge is -2.13. The molecule has 0 unspecified atom stereocenters. The number of aryl methyl sites for hydroxylation is 1. The number of fused-ring (bicyclic) bond motifs is 1. The summed E-state index contributed by atoms with van der Waals surface area (Å²) in [5.41, 5.74) is 2.14. The lowest BCUT2D eigenvalue weighted by atomic mass is 10.2. The van der Waals surface area contributed by atoms with Crippen molar-refractivity contribution < 1.29 is 17.2 Å². The van der Waals surface area contributed by atoms with Gasteiger partial charge in [0.2, 0.25) is 0 Å². The highest BCUT2D eigenvalue weighted by atomic mass is 32.2. The molecular weight excluding hydrogens is 464 g/mol. The molecule has 9 nitrogen and oxygen atoms in total. The Hall–Kier alpha value is -3.64. The molecule has 4 aromatic rings. The normalized spacial score (nSPS) is 11.8. The molecule has 0 atom stereocenters. The Morgan fingerprint density at radius 2 is 1.79 bits per heavy atom. The fourth-order valence-corrected chi connectivity index (χ4v) is 4.46. The van der Waals surface area contributed by atoms with Gasteiger partial charge in [0.05, 0.1) is 11.1 Å². The van der Waals surface area contributed by atoms with Crippen LogP contribution in [0.1, 0.15) is 5.69 Å². The Kier molecular flexibility index (Phi) is 6.44. The molecule has 0 aliphatic heterocycles. The van der Waals surface area contributed by atoms with E-state index >= 15 is 0 Å². The van der Waals surface area contributed by atoms with Crippen LogP contribution in [0, 0.1) is 18.6 Å². The number of hydrogen-bond donors (Lipinski definition) is 3. The summed E-state index contributed by atoms with van der Waals surface area (Å²) in [6, 6.07) is 8.50. The number of hydrogen-bond acceptors (Lipinski definition) is 7. The summed E-state index contributed by atoms with van der Waals surface area (Å²) in [5.74, 6) is -0.849. The number of sulfonamides is 1. The number of aromatic amines is 1. The zero-order valence-electron chi connectivity index (χ0n) is 18.7. The van der Waals surface area contributed by atoms with E-state index in [1.54, 1.807) is 12.1 Å². The molecule has 0 bridgehead atoms. The van der Waals surface area contributed by atoms with E-state index < -0.39 is 26.6 Å². The number of halogens is 2. The molecule has 2 aromatic heterocycles. The third kappa shape index (κ3) is 4.97. The minimum Gasteiger partial charge on any atom is -0.368 e. The van der Waals surface area contributed by atoms with E-state index in [0.717, 1.165) is 29.8 Å². The van der Waals surface area contributed by atoms with Gasteiger partial charge in [-0.15, -0.1) is 0 Å². The van der Waals surface area contributed by atoms with Crippen molar-refractivity contribution in [3.8, 4) is 11.4 Å². The largest absolute Gasteiger partial charge is 0.368 e. The van der Waals surface area contributed by atoms with Crippen LogP contribution in [0.25, 0.3) is 22.4 Å². The van der Waals surface area contributed by atoms with Crippen LogP contribution in [0.5, 0.6) is 0 Å². The van der Waals surface area contributed by atoms with Crippen molar-refractivity contribution in [1.29, 1.82) is 0 Å². The van der Waals surface area contributed by atoms with Gasteiger partial charge in [-0.25, -0.2) is 27.2 Å². The summed E-state index contributed by atoms with van der Waals surface area (Å²) < 4.78 is 54.6. The number of rotatable bonds is 8. The molecule has 0 fully saturated rings. The number of likely N-dealkylation sites (N-methyl/N-ethyl adjacent to an activating group) is 1. The molecule has 0 saturated heterocycles.